The maximum absolute atomic E-state index is 11.1. The molecule has 0 bridgehead atoms. The Labute approximate surface area is 86.9 Å². The van der Waals surface area contributed by atoms with E-state index in [1.165, 1.54) is 6.92 Å². The molecule has 1 N–H and O–H groups in total. The van der Waals surface area contributed by atoms with Crippen LogP contribution in [0.4, 0.5) is 0 Å². The second kappa shape index (κ2) is 3.14. The number of aromatic nitrogens is 1. The van der Waals surface area contributed by atoms with Crippen molar-refractivity contribution in [3.63, 3.8) is 0 Å². The van der Waals surface area contributed by atoms with Crippen LogP contribution in [-0.2, 0) is 0 Å². The van der Waals surface area contributed by atoms with E-state index in [1.54, 1.807) is 0 Å². The van der Waals surface area contributed by atoms with Crippen LogP contribution in [0.25, 0.3) is 10.9 Å². The Hall–Kier alpha value is -1.28. The molecule has 72 valence electrons. The van der Waals surface area contributed by atoms with Gasteiger partial charge in [0.05, 0.1) is 16.2 Å². The van der Waals surface area contributed by atoms with Gasteiger partial charge in [-0.25, -0.2) is 0 Å². The minimum atomic E-state index is 0.0231. The number of benzene rings is 1. The minimum Gasteiger partial charge on any atom is -0.351 e. The molecule has 1 aromatic heterocycles. The molecule has 0 unspecified atom stereocenters. The molecule has 2 rings (SSSR count). The highest BCUT2D eigenvalue weighted by atomic mass is 35.5. The molecule has 14 heavy (non-hydrogen) atoms. The first kappa shape index (κ1) is 9.28. The maximum Gasteiger partial charge on any atom is 0.175 e. The summed E-state index contributed by atoms with van der Waals surface area (Å²) < 4.78 is 0. The van der Waals surface area contributed by atoms with E-state index in [9.17, 15) is 4.79 Å². The van der Waals surface area contributed by atoms with Gasteiger partial charge in [0.25, 0.3) is 0 Å². The maximum atomic E-state index is 11.1. The normalized spacial score (nSPS) is 10.8. The summed E-state index contributed by atoms with van der Waals surface area (Å²) in [6.45, 7) is 3.51. The summed E-state index contributed by atoms with van der Waals surface area (Å²) in [7, 11) is 0. The molecule has 2 nitrogen and oxygen atoms in total. The highest BCUT2D eigenvalue weighted by molar-refractivity contribution is 6.35. The zero-order valence-corrected chi connectivity index (χ0v) is 8.77. The lowest BCUT2D eigenvalue weighted by atomic mass is 10.2. The molecule has 0 saturated heterocycles. The van der Waals surface area contributed by atoms with Crippen LogP contribution in [0.2, 0.25) is 5.02 Å². The fraction of sp³-hybridized carbons (Fsp3) is 0.182. The smallest absolute Gasteiger partial charge is 0.175 e. The van der Waals surface area contributed by atoms with Gasteiger partial charge in [0.2, 0.25) is 0 Å². The Kier molecular flexibility index (Phi) is 2.08. The molecule has 0 spiro atoms. The van der Waals surface area contributed by atoms with Gasteiger partial charge >= 0.3 is 0 Å². The first-order valence-corrected chi connectivity index (χ1v) is 4.75. The zero-order chi connectivity index (χ0) is 10.3. The number of carbonyl (C=O) groups excluding carboxylic acids is 1. The van der Waals surface area contributed by atoms with Crippen LogP contribution in [0, 0.1) is 6.92 Å². The standard InChI is InChI=1S/C11H10ClNO/c1-6-3-8-5-10(7(2)14)13-11(8)9(12)4-6/h3-5,13H,1-2H3. The van der Waals surface area contributed by atoms with Crippen molar-refractivity contribution in [2.24, 2.45) is 0 Å². The van der Waals surface area contributed by atoms with Crippen molar-refractivity contribution in [1.82, 2.24) is 4.98 Å². The van der Waals surface area contributed by atoms with Crippen LogP contribution >= 0.6 is 11.6 Å². The number of hydrogen-bond acceptors (Lipinski definition) is 1. The average molecular weight is 208 g/mol. The number of Topliss-reactive ketones (excluding diaryl/α,β-unsaturated/α-hetero) is 1. The van der Waals surface area contributed by atoms with Gasteiger partial charge in [-0.15, -0.1) is 0 Å². The van der Waals surface area contributed by atoms with Crippen LogP contribution in [0.1, 0.15) is 23.0 Å². The molecule has 0 fully saturated rings. The molecule has 0 amide bonds. The summed E-state index contributed by atoms with van der Waals surface area (Å²) in [5.74, 6) is 0.0231. The van der Waals surface area contributed by atoms with Crippen molar-refractivity contribution >= 4 is 28.3 Å². The van der Waals surface area contributed by atoms with Crippen LogP contribution < -0.4 is 0 Å². The van der Waals surface area contributed by atoms with Crippen molar-refractivity contribution in [3.8, 4) is 0 Å². The number of aromatic amines is 1. The van der Waals surface area contributed by atoms with Gasteiger partial charge in [0, 0.05) is 12.3 Å². The quantitative estimate of drug-likeness (QED) is 0.715. The zero-order valence-electron chi connectivity index (χ0n) is 8.02. The molecular formula is C11H10ClNO. The van der Waals surface area contributed by atoms with E-state index in [4.69, 9.17) is 11.6 Å². The summed E-state index contributed by atoms with van der Waals surface area (Å²) in [5, 5.41) is 1.65. The van der Waals surface area contributed by atoms with Crippen LogP contribution in [0.5, 0.6) is 0 Å². The molecule has 0 aliphatic rings. The highest BCUT2D eigenvalue weighted by Crippen LogP contribution is 2.25. The lowest BCUT2D eigenvalue weighted by Crippen LogP contribution is -1.89. The number of carbonyl (C=O) groups is 1. The van der Waals surface area contributed by atoms with Gasteiger partial charge < -0.3 is 4.98 Å². The number of rotatable bonds is 1. The van der Waals surface area contributed by atoms with Gasteiger partial charge in [0.1, 0.15) is 0 Å². The van der Waals surface area contributed by atoms with E-state index in [0.717, 1.165) is 16.5 Å². The number of aryl methyl sites for hydroxylation is 1. The van der Waals surface area contributed by atoms with Crippen molar-refractivity contribution < 1.29 is 4.79 Å². The minimum absolute atomic E-state index is 0.0231. The summed E-state index contributed by atoms with van der Waals surface area (Å²) in [6.07, 6.45) is 0. The van der Waals surface area contributed by atoms with Gasteiger partial charge in [-0.1, -0.05) is 11.6 Å². The van der Waals surface area contributed by atoms with E-state index >= 15 is 0 Å². The van der Waals surface area contributed by atoms with Crippen LogP contribution in [0.3, 0.4) is 0 Å². The predicted molar refractivity (Wildman–Crippen MR) is 58.1 cm³/mol. The Morgan fingerprint density at radius 2 is 2.07 bits per heavy atom. The van der Waals surface area contributed by atoms with Crippen molar-refractivity contribution in [2.75, 3.05) is 0 Å². The monoisotopic (exact) mass is 207 g/mol. The van der Waals surface area contributed by atoms with Gasteiger partial charge in [-0.05, 0) is 30.7 Å². The first-order chi connectivity index (χ1) is 6.58. The molecule has 0 aliphatic heterocycles. The topological polar surface area (TPSA) is 32.9 Å². The molecule has 1 heterocycles. The summed E-state index contributed by atoms with van der Waals surface area (Å²) in [6, 6.07) is 5.71. The van der Waals surface area contributed by atoms with Crippen molar-refractivity contribution in [2.45, 2.75) is 13.8 Å². The average Bonchev–Trinajstić information content (AvgIpc) is 2.47. The van der Waals surface area contributed by atoms with E-state index in [0.29, 0.717) is 10.7 Å². The van der Waals surface area contributed by atoms with E-state index in [-0.39, 0.29) is 5.78 Å². The van der Waals surface area contributed by atoms with Crippen LogP contribution in [-0.4, -0.2) is 10.8 Å². The van der Waals surface area contributed by atoms with E-state index in [2.05, 4.69) is 4.98 Å². The summed E-state index contributed by atoms with van der Waals surface area (Å²) in [4.78, 5) is 14.1. The van der Waals surface area contributed by atoms with Gasteiger partial charge in [0.15, 0.2) is 5.78 Å². The number of fused-ring (bicyclic) bond motifs is 1. The highest BCUT2D eigenvalue weighted by Gasteiger charge is 2.07. The molecule has 0 atom stereocenters. The number of nitrogens with one attached hydrogen (secondary N) is 1. The molecule has 0 radical (unpaired) electrons. The number of hydrogen-bond donors (Lipinski definition) is 1. The third-order valence-electron chi connectivity index (χ3n) is 2.20. The SMILES string of the molecule is CC(=O)c1cc2cc(C)cc(Cl)c2[nH]1. The molecule has 0 aliphatic carbocycles. The fourth-order valence-electron chi connectivity index (χ4n) is 1.53. The first-order valence-electron chi connectivity index (χ1n) is 4.38. The number of halogens is 1. The van der Waals surface area contributed by atoms with E-state index < -0.39 is 0 Å². The van der Waals surface area contributed by atoms with Crippen molar-refractivity contribution in [1.29, 1.82) is 0 Å². The second-order valence-electron chi connectivity index (χ2n) is 3.45. The Morgan fingerprint density at radius 1 is 1.36 bits per heavy atom. The van der Waals surface area contributed by atoms with Gasteiger partial charge in [-0.3, -0.25) is 4.79 Å². The molecule has 3 heteroatoms. The molecule has 1 aromatic carbocycles. The Bertz CT molecular complexity index is 513. The van der Waals surface area contributed by atoms with Crippen LogP contribution in [0.15, 0.2) is 18.2 Å². The van der Waals surface area contributed by atoms with Gasteiger partial charge in [-0.2, -0.15) is 0 Å². The van der Waals surface area contributed by atoms with E-state index in [1.807, 2.05) is 25.1 Å². The molecular weight excluding hydrogens is 198 g/mol. The molecule has 0 saturated carbocycles. The number of ketones is 1. The lowest BCUT2D eigenvalue weighted by Gasteiger charge is -1.95. The summed E-state index contributed by atoms with van der Waals surface area (Å²) >= 11 is 6.04. The Morgan fingerprint density at radius 3 is 2.71 bits per heavy atom. The largest absolute Gasteiger partial charge is 0.351 e. The molecule has 2 aromatic rings. The summed E-state index contributed by atoms with van der Waals surface area (Å²) in [5.41, 5.74) is 2.53. The second-order valence-corrected chi connectivity index (χ2v) is 3.86. The third kappa shape index (κ3) is 1.42. The predicted octanol–water partition coefficient (Wildman–Crippen LogP) is 3.33. The Balaban J connectivity index is 2.76. The fourth-order valence-corrected chi connectivity index (χ4v) is 1.86. The third-order valence-corrected chi connectivity index (χ3v) is 2.50. The van der Waals surface area contributed by atoms with Crippen molar-refractivity contribution in [3.05, 3.63) is 34.5 Å². The lowest BCUT2D eigenvalue weighted by molar-refractivity contribution is 0.101. The number of H-pyrrole nitrogens is 1.